The second-order valence-corrected chi connectivity index (χ2v) is 8.77. The van der Waals surface area contributed by atoms with Crippen LogP contribution in [0.5, 0.6) is 0 Å². The number of alkyl halides is 3. The second-order valence-electron chi connectivity index (χ2n) is 8.77. The van der Waals surface area contributed by atoms with E-state index in [1.54, 1.807) is 11.0 Å². The molecule has 3 aliphatic heterocycles. The van der Waals surface area contributed by atoms with Crippen LogP contribution in [-0.2, 0) is 9.53 Å². The van der Waals surface area contributed by atoms with Crippen molar-refractivity contribution >= 4 is 11.7 Å². The minimum atomic E-state index is -4.36. The number of likely N-dealkylation sites (tertiary alicyclic amines) is 1. The van der Waals surface area contributed by atoms with Crippen LogP contribution >= 0.6 is 0 Å². The smallest absolute Gasteiger partial charge is 0.378 e. The molecule has 2 unspecified atom stereocenters. The third kappa shape index (κ3) is 4.11. The number of nitrogens with one attached hydrogen (secondary N) is 1. The lowest BCUT2D eigenvalue weighted by Crippen LogP contribution is -2.41. The first kappa shape index (κ1) is 20.5. The molecule has 0 radical (unpaired) electrons. The summed E-state index contributed by atoms with van der Waals surface area (Å²) in [5.74, 6) is 0.472. The summed E-state index contributed by atoms with van der Waals surface area (Å²) < 4.78 is 47.8. The van der Waals surface area contributed by atoms with Crippen LogP contribution in [0, 0.1) is 5.92 Å². The number of carbonyl (C=O) groups is 1. The molecule has 162 valence electrons. The van der Waals surface area contributed by atoms with Gasteiger partial charge in [-0.05, 0) is 38.0 Å². The summed E-state index contributed by atoms with van der Waals surface area (Å²) in [5, 5.41) is 7.57. The number of halogens is 3. The molecule has 4 atom stereocenters. The lowest BCUT2D eigenvalue weighted by atomic mass is 9.94. The van der Waals surface area contributed by atoms with Gasteiger partial charge >= 0.3 is 6.18 Å². The fourth-order valence-electron chi connectivity index (χ4n) is 4.71. The monoisotopic (exact) mass is 414 g/mol. The average molecular weight is 414 g/mol. The zero-order valence-electron chi connectivity index (χ0n) is 16.9. The van der Waals surface area contributed by atoms with Crippen LogP contribution in [0.1, 0.15) is 70.2 Å². The molecule has 1 amide bonds. The van der Waals surface area contributed by atoms with E-state index in [1.165, 1.54) is 0 Å². The number of fused-ring (bicyclic) bond motifs is 1. The molecular formula is C20H29F3N4O2. The van der Waals surface area contributed by atoms with E-state index in [1.807, 2.05) is 13.8 Å². The van der Waals surface area contributed by atoms with Crippen LogP contribution in [0.15, 0.2) is 6.07 Å². The van der Waals surface area contributed by atoms with Crippen molar-refractivity contribution in [2.45, 2.75) is 82.8 Å². The first-order chi connectivity index (χ1) is 13.7. The van der Waals surface area contributed by atoms with Crippen molar-refractivity contribution < 1.29 is 22.7 Å². The number of hydrogen-bond donors (Lipinski definition) is 1. The van der Waals surface area contributed by atoms with Crippen molar-refractivity contribution in [3.8, 4) is 0 Å². The van der Waals surface area contributed by atoms with Gasteiger partial charge in [0.2, 0.25) is 5.91 Å². The standard InChI is InChI=1S/C20H29F3N4O2/c1-12(2)14-10-17(20(21,22)23)27-18(24-14)11-15(25-27)16-6-3-7-26(16)19(28)9-13-5-4-8-29-13/h11-14,16-17,24H,3-10H2,1-2H3/t13?,14-,16?,17+/m0/s1. The van der Waals surface area contributed by atoms with E-state index in [2.05, 4.69) is 10.4 Å². The third-order valence-electron chi connectivity index (χ3n) is 6.38. The normalized spacial score (nSPS) is 29.9. The molecule has 0 bridgehead atoms. The number of nitrogens with zero attached hydrogens (tertiary/aromatic N) is 3. The van der Waals surface area contributed by atoms with Crippen molar-refractivity contribution in [1.82, 2.24) is 14.7 Å². The molecule has 4 heterocycles. The van der Waals surface area contributed by atoms with Gasteiger partial charge in [0.15, 0.2) is 6.04 Å². The summed E-state index contributed by atoms with van der Waals surface area (Å²) in [6.45, 7) is 5.14. The van der Waals surface area contributed by atoms with Crippen molar-refractivity contribution in [3.05, 3.63) is 11.8 Å². The Morgan fingerprint density at radius 2 is 2.14 bits per heavy atom. The molecule has 9 heteroatoms. The van der Waals surface area contributed by atoms with E-state index in [9.17, 15) is 18.0 Å². The van der Waals surface area contributed by atoms with E-state index < -0.39 is 12.2 Å². The maximum atomic E-state index is 13.7. The zero-order valence-corrected chi connectivity index (χ0v) is 16.9. The molecule has 1 aromatic heterocycles. The van der Waals surface area contributed by atoms with Crippen molar-refractivity contribution in [1.29, 1.82) is 0 Å². The molecule has 0 aliphatic carbocycles. The Hall–Kier alpha value is -1.77. The fraction of sp³-hybridized carbons (Fsp3) is 0.800. The van der Waals surface area contributed by atoms with E-state index >= 15 is 0 Å². The van der Waals surface area contributed by atoms with Crippen LogP contribution in [-0.4, -0.2) is 52.1 Å². The second kappa shape index (κ2) is 7.81. The van der Waals surface area contributed by atoms with E-state index in [-0.39, 0.29) is 36.4 Å². The zero-order chi connectivity index (χ0) is 20.8. The van der Waals surface area contributed by atoms with Gasteiger partial charge in [-0.25, -0.2) is 4.68 Å². The van der Waals surface area contributed by atoms with Gasteiger partial charge in [0.05, 0.1) is 24.3 Å². The maximum Gasteiger partial charge on any atom is 0.410 e. The summed E-state index contributed by atoms with van der Waals surface area (Å²) in [6, 6.07) is -0.470. The number of aromatic nitrogens is 2. The maximum absolute atomic E-state index is 13.7. The topological polar surface area (TPSA) is 59.4 Å². The molecule has 4 rings (SSSR count). The van der Waals surface area contributed by atoms with Gasteiger partial charge < -0.3 is 15.0 Å². The summed E-state index contributed by atoms with van der Waals surface area (Å²) in [4.78, 5) is 14.6. The summed E-state index contributed by atoms with van der Waals surface area (Å²) in [7, 11) is 0. The highest BCUT2D eigenvalue weighted by Crippen LogP contribution is 2.42. The number of amides is 1. The fourth-order valence-corrected chi connectivity index (χ4v) is 4.71. The third-order valence-corrected chi connectivity index (χ3v) is 6.38. The highest BCUT2D eigenvalue weighted by atomic mass is 19.4. The molecule has 1 aromatic rings. The average Bonchev–Trinajstić information content (AvgIpc) is 3.38. The van der Waals surface area contributed by atoms with Gasteiger partial charge in [0.1, 0.15) is 5.82 Å². The lowest BCUT2D eigenvalue weighted by molar-refractivity contribution is -0.174. The SMILES string of the molecule is CC(C)[C@@H]1C[C@H](C(F)(F)F)n2nc(C3CCCN3C(=O)CC3CCCO3)cc2N1. The predicted octanol–water partition coefficient (Wildman–Crippen LogP) is 4.06. The molecule has 29 heavy (non-hydrogen) atoms. The molecule has 0 saturated carbocycles. The van der Waals surface area contributed by atoms with E-state index in [0.29, 0.717) is 31.1 Å². The van der Waals surface area contributed by atoms with Crippen LogP contribution in [0.2, 0.25) is 0 Å². The van der Waals surface area contributed by atoms with E-state index in [4.69, 9.17) is 4.74 Å². The molecule has 2 fully saturated rings. The van der Waals surface area contributed by atoms with Gasteiger partial charge in [-0.2, -0.15) is 18.3 Å². The number of ether oxygens (including phenoxy) is 1. The highest BCUT2D eigenvalue weighted by molar-refractivity contribution is 5.77. The van der Waals surface area contributed by atoms with Crippen molar-refractivity contribution in [2.24, 2.45) is 5.92 Å². The Labute approximate surface area is 168 Å². The molecule has 3 aliphatic rings. The highest BCUT2D eigenvalue weighted by Gasteiger charge is 2.47. The van der Waals surface area contributed by atoms with Gasteiger partial charge in [-0.3, -0.25) is 4.79 Å². The van der Waals surface area contributed by atoms with E-state index in [0.717, 1.165) is 30.4 Å². The molecule has 6 nitrogen and oxygen atoms in total. The summed E-state index contributed by atoms with van der Waals surface area (Å²) in [6.07, 6.45) is -0.703. The molecular weight excluding hydrogens is 385 g/mol. The van der Waals surface area contributed by atoms with Gasteiger partial charge in [0, 0.05) is 25.3 Å². The Bertz CT molecular complexity index is 743. The Morgan fingerprint density at radius 1 is 1.34 bits per heavy atom. The van der Waals surface area contributed by atoms with Crippen molar-refractivity contribution in [2.75, 3.05) is 18.5 Å². The molecule has 0 aromatic carbocycles. The van der Waals surface area contributed by atoms with Crippen LogP contribution < -0.4 is 5.32 Å². The Balaban J connectivity index is 1.57. The minimum Gasteiger partial charge on any atom is -0.378 e. The quantitative estimate of drug-likeness (QED) is 0.807. The molecule has 1 N–H and O–H groups in total. The van der Waals surface area contributed by atoms with Crippen LogP contribution in [0.3, 0.4) is 0 Å². The predicted molar refractivity (Wildman–Crippen MR) is 101 cm³/mol. The van der Waals surface area contributed by atoms with Crippen LogP contribution in [0.4, 0.5) is 19.0 Å². The minimum absolute atomic E-state index is 0.00533. The Morgan fingerprint density at radius 3 is 2.79 bits per heavy atom. The molecule has 0 spiro atoms. The first-order valence-electron chi connectivity index (χ1n) is 10.6. The van der Waals surface area contributed by atoms with Crippen LogP contribution in [0.25, 0.3) is 0 Å². The summed E-state index contributed by atoms with van der Waals surface area (Å²) in [5.41, 5.74) is 0.546. The lowest BCUT2D eigenvalue weighted by Gasteiger charge is -2.35. The summed E-state index contributed by atoms with van der Waals surface area (Å²) >= 11 is 0. The number of rotatable bonds is 4. The number of hydrogen-bond acceptors (Lipinski definition) is 4. The van der Waals surface area contributed by atoms with Crippen molar-refractivity contribution in [3.63, 3.8) is 0 Å². The van der Waals surface area contributed by atoms with Gasteiger partial charge in [-0.15, -0.1) is 0 Å². The van der Waals surface area contributed by atoms with Gasteiger partial charge in [0.25, 0.3) is 0 Å². The Kier molecular flexibility index (Phi) is 5.52. The first-order valence-corrected chi connectivity index (χ1v) is 10.6. The number of carbonyl (C=O) groups excluding carboxylic acids is 1. The van der Waals surface area contributed by atoms with Gasteiger partial charge in [-0.1, -0.05) is 13.8 Å². The molecule has 2 saturated heterocycles. The number of anilines is 1. The largest absolute Gasteiger partial charge is 0.410 e.